The van der Waals surface area contributed by atoms with Crippen LogP contribution in [-0.4, -0.2) is 32.9 Å². The zero-order valence-corrected chi connectivity index (χ0v) is 35.0. The second-order valence-corrected chi connectivity index (χ2v) is 16.4. The van der Waals surface area contributed by atoms with E-state index < -0.39 is 0 Å². The van der Waals surface area contributed by atoms with Gasteiger partial charge in [-0.05, 0) is 53.7 Å². The molecule has 0 radical (unpaired) electrons. The van der Waals surface area contributed by atoms with Crippen molar-refractivity contribution in [2.75, 3.05) is 0 Å². The predicted octanol–water partition coefficient (Wildman–Crippen LogP) is 14.0. The van der Waals surface area contributed by atoms with Crippen LogP contribution < -0.4 is 0 Å². The first kappa shape index (κ1) is 37.8. The Morgan fingerprint density at radius 1 is 0.508 bits per heavy atom. The van der Waals surface area contributed by atoms with E-state index in [0.717, 1.165) is 71.4 Å². The molecule has 7 heteroatoms. The van der Waals surface area contributed by atoms with Crippen molar-refractivity contribution >= 4 is 71.8 Å². The summed E-state index contributed by atoms with van der Waals surface area (Å²) in [6.45, 7) is 4.31. The molecular weight excluding hydrogens is 789 g/mol. The first-order valence-corrected chi connectivity index (χ1v) is 21.7. The van der Waals surface area contributed by atoms with Crippen LogP contribution in [0.25, 0.3) is 81.6 Å². The minimum absolute atomic E-state index is 0.493. The standard InChI is InChI=1S/C56H38N6S/c1-57-54(41-17-7-3-8-18-41)61-55(58-36-37-15-5-2-6-16-37)42-31-27-39(28-32-42)38-25-29-40(30-26-38)51-53-52(47-22-12-14-24-50(47)63-53)60-56(59-51)43-33-34-46-45-21-11-13-23-48(45)62(49(46)35-43)44-19-9-4-10-20-44/h2-35H,1,36H2. The topological polar surface area (TPSA) is 67.8 Å². The Hall–Kier alpha value is -8.13. The molecule has 0 atom stereocenters. The van der Waals surface area contributed by atoms with E-state index in [-0.39, 0.29) is 0 Å². The number of para-hydroxylation sites is 2. The van der Waals surface area contributed by atoms with Crippen molar-refractivity contribution in [3.63, 3.8) is 0 Å². The van der Waals surface area contributed by atoms with Crippen molar-refractivity contribution in [2.45, 2.75) is 6.54 Å². The van der Waals surface area contributed by atoms with Crippen molar-refractivity contribution in [1.29, 1.82) is 0 Å². The summed E-state index contributed by atoms with van der Waals surface area (Å²) < 4.78 is 4.60. The number of benzene rings is 8. The quantitative estimate of drug-likeness (QED) is 0.113. The molecule has 8 aromatic carbocycles. The Morgan fingerprint density at radius 3 is 1.84 bits per heavy atom. The average molecular weight is 827 g/mol. The summed E-state index contributed by atoms with van der Waals surface area (Å²) >= 11 is 1.74. The zero-order valence-electron chi connectivity index (χ0n) is 34.1. The van der Waals surface area contributed by atoms with Gasteiger partial charge in [-0.2, -0.15) is 0 Å². The molecule has 11 rings (SSSR count). The van der Waals surface area contributed by atoms with E-state index in [9.17, 15) is 0 Å². The fourth-order valence-electron chi connectivity index (χ4n) is 8.33. The second kappa shape index (κ2) is 16.4. The Balaban J connectivity index is 0.970. The van der Waals surface area contributed by atoms with Crippen LogP contribution in [0.1, 0.15) is 16.7 Å². The number of hydrogen-bond donors (Lipinski definition) is 0. The molecule has 0 fully saturated rings. The highest BCUT2D eigenvalue weighted by Gasteiger charge is 2.19. The molecule has 0 N–H and O–H groups in total. The third-order valence-corrected chi connectivity index (χ3v) is 12.6. The van der Waals surface area contributed by atoms with Gasteiger partial charge in [0, 0.05) is 48.8 Å². The van der Waals surface area contributed by atoms with Crippen molar-refractivity contribution in [1.82, 2.24) is 14.5 Å². The number of nitrogens with zero attached hydrogens (tertiary/aromatic N) is 6. The molecular formula is C56H38N6S. The van der Waals surface area contributed by atoms with E-state index in [1.165, 1.54) is 21.0 Å². The minimum atomic E-state index is 0.493. The Morgan fingerprint density at radius 2 is 1.10 bits per heavy atom. The maximum absolute atomic E-state index is 5.38. The Labute approximate surface area is 368 Å². The fraction of sp³-hybridized carbons (Fsp3) is 0.0179. The van der Waals surface area contributed by atoms with Crippen LogP contribution in [0.5, 0.6) is 0 Å². The molecule has 11 aromatic rings. The highest BCUT2D eigenvalue weighted by molar-refractivity contribution is 7.26. The number of amidine groups is 2. The third-order valence-electron chi connectivity index (χ3n) is 11.4. The molecule has 0 amide bonds. The highest BCUT2D eigenvalue weighted by atomic mass is 32.1. The van der Waals surface area contributed by atoms with Crippen LogP contribution >= 0.6 is 11.3 Å². The molecule has 0 aliphatic rings. The molecule has 0 saturated heterocycles. The first-order chi connectivity index (χ1) is 31.2. The molecule has 0 unspecified atom stereocenters. The number of rotatable bonds is 8. The number of fused-ring (bicyclic) bond motifs is 6. The van der Waals surface area contributed by atoms with Gasteiger partial charge in [0.2, 0.25) is 0 Å². The molecule has 0 aliphatic heterocycles. The summed E-state index contributed by atoms with van der Waals surface area (Å²) in [5.74, 6) is 1.82. The lowest BCUT2D eigenvalue weighted by Gasteiger charge is -2.10. The minimum Gasteiger partial charge on any atom is -0.309 e. The van der Waals surface area contributed by atoms with Gasteiger partial charge in [0.15, 0.2) is 17.5 Å². The zero-order chi connectivity index (χ0) is 42.1. The largest absolute Gasteiger partial charge is 0.309 e. The van der Waals surface area contributed by atoms with Gasteiger partial charge in [-0.3, -0.25) is 4.99 Å². The second-order valence-electron chi connectivity index (χ2n) is 15.3. The van der Waals surface area contributed by atoms with Crippen molar-refractivity contribution < 1.29 is 0 Å². The molecule has 298 valence electrons. The van der Waals surface area contributed by atoms with Crippen molar-refractivity contribution in [2.24, 2.45) is 15.0 Å². The van der Waals surface area contributed by atoms with Gasteiger partial charge in [0.1, 0.15) is 0 Å². The fourth-order valence-corrected chi connectivity index (χ4v) is 9.49. The molecule has 3 aromatic heterocycles. The predicted molar refractivity (Wildman–Crippen MR) is 265 cm³/mol. The van der Waals surface area contributed by atoms with E-state index in [4.69, 9.17) is 20.0 Å². The summed E-state index contributed by atoms with van der Waals surface area (Å²) in [7, 11) is 0. The number of thiophene rings is 1. The third kappa shape index (κ3) is 7.20. The lowest BCUT2D eigenvalue weighted by molar-refractivity contribution is 1.06. The summed E-state index contributed by atoms with van der Waals surface area (Å²) in [6.07, 6.45) is 0. The van der Waals surface area contributed by atoms with Gasteiger partial charge in [-0.1, -0.05) is 176 Å². The monoisotopic (exact) mass is 826 g/mol. The summed E-state index contributed by atoms with van der Waals surface area (Å²) in [5, 5.41) is 3.54. The highest BCUT2D eigenvalue weighted by Crippen LogP contribution is 2.41. The molecule has 0 aliphatic carbocycles. The maximum Gasteiger partial charge on any atom is 0.161 e. The Kier molecular flexibility index (Phi) is 9.84. The maximum atomic E-state index is 5.38. The number of aromatic nitrogens is 3. The normalized spacial score (nSPS) is 12.1. The molecule has 0 spiro atoms. The van der Waals surface area contributed by atoms with E-state index in [1.807, 2.05) is 48.5 Å². The summed E-state index contributed by atoms with van der Waals surface area (Å²) in [6, 6.07) is 71.5. The van der Waals surface area contributed by atoms with E-state index in [0.29, 0.717) is 24.0 Å². The van der Waals surface area contributed by atoms with Gasteiger partial charge in [0.25, 0.3) is 0 Å². The summed E-state index contributed by atoms with van der Waals surface area (Å²) in [5.41, 5.74) is 12.3. The van der Waals surface area contributed by atoms with Crippen LogP contribution in [0.4, 0.5) is 0 Å². The van der Waals surface area contributed by atoms with Crippen LogP contribution in [0, 0.1) is 0 Å². The molecule has 0 saturated carbocycles. The van der Waals surface area contributed by atoms with Gasteiger partial charge >= 0.3 is 0 Å². The van der Waals surface area contributed by atoms with Gasteiger partial charge in [0.05, 0.1) is 33.5 Å². The van der Waals surface area contributed by atoms with Crippen molar-refractivity contribution in [3.05, 3.63) is 223 Å². The average Bonchev–Trinajstić information content (AvgIpc) is 3.90. The molecule has 0 bridgehead atoms. The lowest BCUT2D eigenvalue weighted by Crippen LogP contribution is -2.05. The molecule has 6 nitrogen and oxygen atoms in total. The van der Waals surface area contributed by atoms with Crippen LogP contribution in [-0.2, 0) is 6.54 Å². The molecule has 3 heterocycles. The van der Waals surface area contributed by atoms with Gasteiger partial charge < -0.3 is 4.57 Å². The first-order valence-electron chi connectivity index (χ1n) is 20.9. The van der Waals surface area contributed by atoms with E-state index in [1.54, 1.807) is 11.3 Å². The summed E-state index contributed by atoms with van der Waals surface area (Å²) in [4.78, 5) is 24.9. The molecule has 63 heavy (non-hydrogen) atoms. The van der Waals surface area contributed by atoms with Crippen LogP contribution in [0.3, 0.4) is 0 Å². The van der Waals surface area contributed by atoms with E-state index in [2.05, 4.69) is 174 Å². The van der Waals surface area contributed by atoms with Crippen LogP contribution in [0.15, 0.2) is 221 Å². The van der Waals surface area contributed by atoms with Crippen molar-refractivity contribution in [3.8, 4) is 39.5 Å². The van der Waals surface area contributed by atoms with Crippen LogP contribution in [0.2, 0.25) is 0 Å². The van der Waals surface area contributed by atoms with Gasteiger partial charge in [-0.15, -0.1) is 11.3 Å². The van der Waals surface area contributed by atoms with E-state index >= 15 is 0 Å². The SMILES string of the molecule is C=NC(=NC(=NCc1ccccc1)c1ccc(-c2ccc(-c3nc(-c4ccc5c6ccccc6n(-c6ccccc6)c5c4)nc4c3sc3ccccc34)cc2)cc1)c1ccccc1. The Bertz CT molecular complexity index is 3520. The van der Waals surface area contributed by atoms with Gasteiger partial charge in [-0.25, -0.2) is 20.0 Å². The number of hydrogen-bond acceptors (Lipinski definition) is 4. The lowest BCUT2D eigenvalue weighted by atomic mass is 10.0. The smallest absolute Gasteiger partial charge is 0.161 e. The number of aliphatic imine (C=N–C) groups is 3.